The first-order chi connectivity index (χ1) is 36.4. The van der Waals surface area contributed by atoms with Crippen LogP contribution in [-0.2, 0) is 0 Å². The molecule has 4 nitrogen and oxygen atoms in total. The van der Waals surface area contributed by atoms with Crippen molar-refractivity contribution in [3.63, 3.8) is 0 Å². The standard InChI is InChI=1S/C61H41N3OSi/c1-6-20-42(21-7-1)45-40-55(58-54-32-18-19-33-56(54)65-57(58)41-45)52-38-39-53(51-31-17-16-30-50(51)52)61-63-59(43-22-8-2-9-23-43)62-60(64-61)44-34-36-49(37-35-44)66(46-24-10-3-11-25-46,47-26-12-4-13-27-47)48-28-14-5-15-29-48/h1-41H/i1D,6D,7D,18D,20D,21D,33D,40D,41D. The predicted molar refractivity (Wildman–Crippen MR) is 275 cm³/mol. The van der Waals surface area contributed by atoms with Crippen LogP contribution in [0.1, 0.15) is 12.3 Å². The number of aromatic nitrogens is 3. The summed E-state index contributed by atoms with van der Waals surface area (Å²) in [4.78, 5) is 15.5. The van der Waals surface area contributed by atoms with Gasteiger partial charge in [-0.2, -0.15) is 0 Å². The molecule has 2 aromatic heterocycles. The molecular weight excluding hydrogens is 819 g/mol. The fourth-order valence-corrected chi connectivity index (χ4v) is 14.0. The molecule has 0 spiro atoms. The molecule has 0 saturated carbocycles. The third-order valence-electron chi connectivity index (χ3n) is 12.2. The van der Waals surface area contributed by atoms with Crippen LogP contribution in [0.25, 0.3) is 89.1 Å². The molecule has 0 aliphatic rings. The van der Waals surface area contributed by atoms with Crippen molar-refractivity contribution in [2.75, 3.05) is 0 Å². The van der Waals surface area contributed by atoms with Gasteiger partial charge in [0.1, 0.15) is 11.2 Å². The first-order valence-electron chi connectivity index (χ1n) is 26.1. The molecule has 0 aliphatic heterocycles. The zero-order valence-corrected chi connectivity index (χ0v) is 36.2. The van der Waals surface area contributed by atoms with Gasteiger partial charge in [0, 0.05) is 27.5 Å². The van der Waals surface area contributed by atoms with E-state index in [2.05, 4.69) is 115 Å². The molecule has 12 rings (SSSR count). The maximum absolute atomic E-state index is 9.97. The Bertz CT molecular complexity index is 4100. The summed E-state index contributed by atoms with van der Waals surface area (Å²) in [5.41, 5.74) is 2.44. The zero-order valence-electron chi connectivity index (χ0n) is 44.2. The first kappa shape index (κ1) is 30.5. The van der Waals surface area contributed by atoms with Crippen LogP contribution in [0.2, 0.25) is 0 Å². The number of hydrogen-bond acceptors (Lipinski definition) is 4. The van der Waals surface area contributed by atoms with Crippen molar-refractivity contribution in [1.29, 1.82) is 0 Å². The molecule has 0 fully saturated rings. The summed E-state index contributed by atoms with van der Waals surface area (Å²) in [7, 11) is -2.84. The van der Waals surface area contributed by atoms with E-state index in [4.69, 9.17) is 29.0 Å². The molecule has 10 aromatic carbocycles. The van der Waals surface area contributed by atoms with Crippen molar-refractivity contribution in [3.05, 3.63) is 249 Å². The van der Waals surface area contributed by atoms with Gasteiger partial charge in [0.15, 0.2) is 25.5 Å². The fourth-order valence-electron chi connectivity index (χ4n) is 9.28. The molecular formula is C61H41N3OSi. The Morgan fingerprint density at radius 1 is 0.333 bits per heavy atom. The molecule has 0 N–H and O–H groups in total. The second kappa shape index (κ2) is 16.6. The smallest absolute Gasteiger partial charge is 0.179 e. The van der Waals surface area contributed by atoms with Gasteiger partial charge in [-0.15, -0.1) is 0 Å². The normalized spacial score (nSPS) is 13.5. The Balaban J connectivity index is 1.08. The van der Waals surface area contributed by atoms with Crippen molar-refractivity contribution < 1.29 is 16.8 Å². The SMILES string of the molecule is [2H]c1cc([2H])c2oc3c([2H])c(-c4c([2H])c([2H])c([2H])c([2H])c4[2H])c([2H])c(-c4ccc(-c5nc(-c6ccccc6)nc(-c6ccc([Si](c7ccccc7)(c7ccccc7)c7ccccc7)cc6)n5)c5ccccc45)c3c2c1. The summed E-state index contributed by atoms with van der Waals surface area (Å²) in [6.07, 6.45) is 0. The van der Waals surface area contributed by atoms with Gasteiger partial charge in [-0.1, -0.05) is 224 Å². The molecule has 0 radical (unpaired) electrons. The van der Waals surface area contributed by atoms with Crippen molar-refractivity contribution in [2.45, 2.75) is 0 Å². The molecule has 5 heteroatoms. The van der Waals surface area contributed by atoms with Gasteiger partial charge in [0.2, 0.25) is 0 Å². The van der Waals surface area contributed by atoms with E-state index in [-0.39, 0.29) is 57.4 Å². The Labute approximate surface area is 396 Å². The highest BCUT2D eigenvalue weighted by Crippen LogP contribution is 2.43. The highest BCUT2D eigenvalue weighted by molar-refractivity contribution is 7.19. The average Bonchev–Trinajstić information content (AvgIpc) is 3.85. The first-order valence-corrected chi connectivity index (χ1v) is 23.6. The third kappa shape index (κ3) is 6.73. The summed E-state index contributed by atoms with van der Waals surface area (Å²) >= 11 is 0. The van der Waals surface area contributed by atoms with Crippen LogP contribution in [0.3, 0.4) is 0 Å². The molecule has 0 unspecified atom stereocenters. The van der Waals surface area contributed by atoms with Gasteiger partial charge >= 0.3 is 0 Å². The highest BCUT2D eigenvalue weighted by atomic mass is 28.3. The van der Waals surface area contributed by atoms with E-state index in [1.165, 1.54) is 32.9 Å². The van der Waals surface area contributed by atoms with Gasteiger partial charge in [0.05, 0.1) is 12.3 Å². The molecule has 66 heavy (non-hydrogen) atoms. The highest BCUT2D eigenvalue weighted by Gasteiger charge is 2.41. The number of benzene rings is 10. The van der Waals surface area contributed by atoms with Crippen molar-refractivity contribution in [1.82, 2.24) is 15.0 Å². The minimum absolute atomic E-state index is 0.0218. The van der Waals surface area contributed by atoms with Gasteiger partial charge in [-0.25, -0.2) is 15.0 Å². The second-order valence-electron chi connectivity index (χ2n) is 16.0. The number of fused-ring (bicyclic) bond motifs is 4. The van der Waals surface area contributed by atoms with E-state index in [1.807, 2.05) is 66.7 Å². The van der Waals surface area contributed by atoms with Crippen molar-refractivity contribution >= 4 is 61.5 Å². The molecule has 0 saturated heterocycles. The maximum atomic E-state index is 9.97. The van der Waals surface area contributed by atoms with Gasteiger partial charge in [-0.3, -0.25) is 0 Å². The molecule has 0 aliphatic carbocycles. The number of furan rings is 1. The molecule has 2 heterocycles. The Morgan fingerprint density at radius 3 is 1.47 bits per heavy atom. The van der Waals surface area contributed by atoms with Crippen molar-refractivity contribution in [2.24, 2.45) is 0 Å². The topological polar surface area (TPSA) is 51.8 Å². The fraction of sp³-hybridized carbons (Fsp3) is 0. The summed E-state index contributed by atoms with van der Waals surface area (Å²) in [6, 6.07) is 60.9. The van der Waals surface area contributed by atoms with Gasteiger partial charge in [-0.05, 0) is 78.0 Å². The van der Waals surface area contributed by atoms with E-state index in [0.717, 1.165) is 11.1 Å². The van der Waals surface area contributed by atoms with Crippen LogP contribution >= 0.6 is 0 Å². The van der Waals surface area contributed by atoms with Crippen LogP contribution < -0.4 is 20.7 Å². The predicted octanol–water partition coefficient (Wildman–Crippen LogP) is 12.6. The summed E-state index contributed by atoms with van der Waals surface area (Å²) in [6.45, 7) is 0. The lowest BCUT2D eigenvalue weighted by Gasteiger charge is -2.34. The Hall–Kier alpha value is -8.51. The van der Waals surface area contributed by atoms with Gasteiger partial charge in [0.25, 0.3) is 0 Å². The molecule has 0 amide bonds. The van der Waals surface area contributed by atoms with E-state index in [0.29, 0.717) is 44.8 Å². The minimum Gasteiger partial charge on any atom is -0.456 e. The maximum Gasteiger partial charge on any atom is 0.179 e. The minimum atomic E-state index is -2.84. The monoisotopic (exact) mass is 868 g/mol. The number of hydrogen-bond donors (Lipinski definition) is 0. The third-order valence-corrected chi connectivity index (χ3v) is 17.0. The van der Waals surface area contributed by atoms with Crippen LogP contribution in [-0.4, -0.2) is 23.0 Å². The zero-order chi connectivity index (χ0) is 51.7. The largest absolute Gasteiger partial charge is 0.456 e. The van der Waals surface area contributed by atoms with E-state index in [1.54, 1.807) is 0 Å². The van der Waals surface area contributed by atoms with Crippen LogP contribution in [0.4, 0.5) is 0 Å². The number of para-hydroxylation sites is 1. The van der Waals surface area contributed by atoms with Crippen molar-refractivity contribution in [3.8, 4) is 56.4 Å². The van der Waals surface area contributed by atoms with E-state index in [9.17, 15) is 2.74 Å². The Kier molecular flexibility index (Phi) is 7.66. The van der Waals surface area contributed by atoms with E-state index < -0.39 is 38.3 Å². The summed E-state index contributed by atoms with van der Waals surface area (Å²) < 4.78 is 86.4. The number of rotatable bonds is 9. The Morgan fingerprint density at radius 2 is 0.848 bits per heavy atom. The summed E-state index contributed by atoms with van der Waals surface area (Å²) in [5.74, 6) is 1.30. The molecule has 0 bridgehead atoms. The van der Waals surface area contributed by atoms with Crippen LogP contribution in [0.5, 0.6) is 0 Å². The average molecular weight is 869 g/mol. The summed E-state index contributed by atoms with van der Waals surface area (Å²) in [5, 5.41) is 6.91. The quantitative estimate of drug-likeness (QED) is 0.107. The molecule has 0 atom stereocenters. The molecule has 12 aromatic rings. The van der Waals surface area contributed by atoms with Crippen LogP contribution in [0, 0.1) is 0 Å². The second-order valence-corrected chi connectivity index (χ2v) is 19.8. The van der Waals surface area contributed by atoms with Crippen LogP contribution in [0.15, 0.2) is 253 Å². The lowest BCUT2D eigenvalue weighted by molar-refractivity contribution is 0.669. The number of nitrogens with zero attached hydrogens (tertiary/aromatic N) is 3. The van der Waals surface area contributed by atoms with E-state index >= 15 is 0 Å². The van der Waals surface area contributed by atoms with Gasteiger partial charge < -0.3 is 4.42 Å². The molecule has 310 valence electrons. The lowest BCUT2D eigenvalue weighted by atomic mass is 9.90. The lowest BCUT2D eigenvalue weighted by Crippen LogP contribution is -2.74.